The van der Waals surface area contributed by atoms with Gasteiger partial charge in [0.25, 0.3) is 0 Å². The fourth-order valence-electron chi connectivity index (χ4n) is 3.17. The van der Waals surface area contributed by atoms with Crippen LogP contribution in [0, 0.1) is 5.82 Å². The molecule has 2 aromatic rings. The van der Waals surface area contributed by atoms with Gasteiger partial charge in [-0.15, -0.1) is 0 Å². The maximum Gasteiger partial charge on any atom is 0.235 e. The van der Waals surface area contributed by atoms with Crippen molar-refractivity contribution in [1.82, 2.24) is 9.97 Å². The molecule has 6 nitrogen and oxygen atoms in total. The van der Waals surface area contributed by atoms with E-state index in [9.17, 15) is 12.8 Å². The van der Waals surface area contributed by atoms with Crippen molar-refractivity contribution in [3.05, 3.63) is 48.0 Å². The largest absolute Gasteiger partial charge is 0.341 e. The van der Waals surface area contributed by atoms with Crippen LogP contribution < -0.4 is 9.21 Å². The maximum absolute atomic E-state index is 13.2. The van der Waals surface area contributed by atoms with Gasteiger partial charge in [0.05, 0.1) is 30.4 Å². The molecule has 1 aliphatic rings. The van der Waals surface area contributed by atoms with Crippen molar-refractivity contribution in [2.75, 3.05) is 28.0 Å². The fraction of sp³-hybridized carbons (Fsp3) is 0.474. The molecular formula is C19H25FN4O2S. The first-order valence-electron chi connectivity index (χ1n) is 9.31. The summed E-state index contributed by atoms with van der Waals surface area (Å²) < 4.78 is 40.0. The first-order chi connectivity index (χ1) is 13.0. The van der Waals surface area contributed by atoms with Gasteiger partial charge in [0.2, 0.25) is 16.0 Å². The zero-order chi connectivity index (χ0) is 19.3. The van der Waals surface area contributed by atoms with Crippen LogP contribution in [0.3, 0.4) is 0 Å². The maximum atomic E-state index is 13.2. The zero-order valence-corrected chi connectivity index (χ0v) is 16.3. The summed E-state index contributed by atoms with van der Waals surface area (Å²) in [5.41, 5.74) is 1.13. The van der Waals surface area contributed by atoms with Crippen LogP contribution in [0.1, 0.15) is 38.2 Å². The van der Waals surface area contributed by atoms with E-state index >= 15 is 0 Å². The van der Waals surface area contributed by atoms with Crippen molar-refractivity contribution in [1.29, 1.82) is 0 Å². The monoisotopic (exact) mass is 392 g/mol. The Kier molecular flexibility index (Phi) is 6.26. The molecule has 27 heavy (non-hydrogen) atoms. The topological polar surface area (TPSA) is 66.4 Å². The summed E-state index contributed by atoms with van der Waals surface area (Å²) in [6.07, 6.45) is 7.09. The third kappa shape index (κ3) is 4.94. The van der Waals surface area contributed by atoms with Crippen molar-refractivity contribution in [3.63, 3.8) is 0 Å². The predicted molar refractivity (Wildman–Crippen MR) is 105 cm³/mol. The number of hydrogen-bond donors (Lipinski definition) is 0. The highest BCUT2D eigenvalue weighted by Crippen LogP contribution is 2.23. The van der Waals surface area contributed by atoms with Gasteiger partial charge in [0, 0.05) is 13.1 Å². The molecule has 1 aromatic heterocycles. The molecule has 0 saturated carbocycles. The van der Waals surface area contributed by atoms with Crippen molar-refractivity contribution in [3.8, 4) is 0 Å². The lowest BCUT2D eigenvalue weighted by Gasteiger charge is -2.28. The average Bonchev–Trinajstić information content (AvgIpc) is 2.68. The first kappa shape index (κ1) is 19.5. The summed E-state index contributed by atoms with van der Waals surface area (Å²) in [6, 6.07) is 5.84. The van der Waals surface area contributed by atoms with E-state index in [2.05, 4.69) is 14.9 Å². The molecule has 0 N–H and O–H groups in total. The Morgan fingerprint density at radius 3 is 2.30 bits per heavy atom. The Morgan fingerprint density at radius 2 is 1.70 bits per heavy atom. The second kappa shape index (κ2) is 8.65. The minimum absolute atomic E-state index is 0.0298. The van der Waals surface area contributed by atoms with Gasteiger partial charge in [0.15, 0.2) is 0 Å². The minimum Gasteiger partial charge on any atom is -0.341 e. The summed E-state index contributed by atoms with van der Waals surface area (Å²) in [5.74, 6) is 0.311. The van der Waals surface area contributed by atoms with Crippen LogP contribution in [0.15, 0.2) is 36.7 Å². The molecule has 146 valence electrons. The second-order valence-electron chi connectivity index (χ2n) is 6.74. The van der Waals surface area contributed by atoms with E-state index < -0.39 is 10.0 Å². The van der Waals surface area contributed by atoms with Crippen LogP contribution >= 0.6 is 0 Å². The molecule has 0 bridgehead atoms. The van der Waals surface area contributed by atoms with Crippen molar-refractivity contribution < 1.29 is 12.8 Å². The van der Waals surface area contributed by atoms with Gasteiger partial charge in [-0.3, -0.25) is 4.31 Å². The zero-order valence-electron chi connectivity index (χ0n) is 15.5. The molecule has 3 rings (SSSR count). The van der Waals surface area contributed by atoms with Crippen LogP contribution in [0.4, 0.5) is 16.0 Å². The van der Waals surface area contributed by atoms with Crippen LogP contribution in [0.25, 0.3) is 0 Å². The lowest BCUT2D eigenvalue weighted by Crippen LogP contribution is -2.33. The predicted octanol–water partition coefficient (Wildman–Crippen LogP) is 3.35. The molecule has 0 radical (unpaired) electrons. The summed E-state index contributed by atoms with van der Waals surface area (Å²) in [7, 11) is -3.53. The number of benzene rings is 1. The highest BCUT2D eigenvalue weighted by molar-refractivity contribution is 7.92. The Morgan fingerprint density at radius 1 is 1.07 bits per heavy atom. The number of halogens is 1. The van der Waals surface area contributed by atoms with E-state index in [-0.39, 0.29) is 18.1 Å². The lowest BCUT2D eigenvalue weighted by atomic mass is 10.1. The standard InChI is InChI=1S/C19H25FN4O2S/c1-2-12-27(25,26)24(15-16-6-8-17(20)9-7-16)18-13-21-19(22-14-18)23-10-4-3-5-11-23/h6-9,13-14H,2-5,10-12,15H2,1H3. The summed E-state index contributed by atoms with van der Waals surface area (Å²) >= 11 is 0. The summed E-state index contributed by atoms with van der Waals surface area (Å²) in [6.45, 7) is 3.79. The van der Waals surface area contributed by atoms with E-state index in [1.54, 1.807) is 24.5 Å². The molecule has 2 heterocycles. The summed E-state index contributed by atoms with van der Waals surface area (Å²) in [5, 5.41) is 0. The SMILES string of the molecule is CCCS(=O)(=O)N(Cc1ccc(F)cc1)c1cnc(N2CCCCC2)nc1. The number of nitrogens with zero attached hydrogens (tertiary/aromatic N) is 4. The molecule has 1 saturated heterocycles. The Hall–Kier alpha value is -2.22. The normalized spacial score (nSPS) is 15.0. The van der Waals surface area contributed by atoms with Gasteiger partial charge < -0.3 is 4.90 Å². The average molecular weight is 393 g/mol. The third-order valence-corrected chi connectivity index (χ3v) is 6.52. The van der Waals surface area contributed by atoms with E-state index in [4.69, 9.17) is 0 Å². The van der Waals surface area contributed by atoms with Crippen LogP contribution in [-0.2, 0) is 16.6 Å². The smallest absolute Gasteiger partial charge is 0.235 e. The van der Waals surface area contributed by atoms with Crippen LogP contribution in [-0.4, -0.2) is 37.2 Å². The number of aromatic nitrogens is 2. The number of sulfonamides is 1. The van der Waals surface area contributed by atoms with Crippen molar-refractivity contribution in [2.45, 2.75) is 39.2 Å². The van der Waals surface area contributed by atoms with Crippen LogP contribution in [0.5, 0.6) is 0 Å². The Labute approximate surface area is 160 Å². The molecule has 1 aliphatic heterocycles. The Balaban J connectivity index is 1.86. The molecule has 0 unspecified atom stereocenters. The van der Waals surface area contributed by atoms with Gasteiger partial charge in [-0.1, -0.05) is 19.1 Å². The molecule has 0 aliphatic carbocycles. The highest BCUT2D eigenvalue weighted by atomic mass is 32.2. The van der Waals surface area contributed by atoms with Gasteiger partial charge >= 0.3 is 0 Å². The number of piperidine rings is 1. The molecule has 1 aromatic carbocycles. The van der Waals surface area contributed by atoms with Gasteiger partial charge in [0.1, 0.15) is 5.82 Å². The number of hydrogen-bond acceptors (Lipinski definition) is 5. The summed E-state index contributed by atoms with van der Waals surface area (Å²) in [4.78, 5) is 10.9. The molecule has 0 atom stereocenters. The molecular weight excluding hydrogens is 367 g/mol. The lowest BCUT2D eigenvalue weighted by molar-refractivity contribution is 0.568. The van der Waals surface area contributed by atoms with Crippen molar-refractivity contribution >= 4 is 21.7 Å². The first-order valence-corrected chi connectivity index (χ1v) is 10.9. The highest BCUT2D eigenvalue weighted by Gasteiger charge is 2.23. The fourth-order valence-corrected chi connectivity index (χ4v) is 4.67. The van der Waals surface area contributed by atoms with Crippen LogP contribution in [0.2, 0.25) is 0 Å². The van der Waals surface area contributed by atoms with E-state index in [1.165, 1.54) is 22.9 Å². The third-order valence-electron chi connectivity index (χ3n) is 4.59. The second-order valence-corrected chi connectivity index (χ2v) is 8.75. The molecule has 0 amide bonds. The molecule has 8 heteroatoms. The minimum atomic E-state index is -3.53. The Bertz CT molecular complexity index is 835. The molecule has 0 spiro atoms. The van der Waals surface area contributed by atoms with Crippen molar-refractivity contribution in [2.24, 2.45) is 0 Å². The van der Waals surface area contributed by atoms with Gasteiger partial charge in [-0.05, 0) is 43.4 Å². The van der Waals surface area contributed by atoms with E-state index in [0.717, 1.165) is 25.9 Å². The number of anilines is 2. The number of rotatable bonds is 7. The van der Waals surface area contributed by atoms with E-state index in [0.29, 0.717) is 23.6 Å². The van der Waals surface area contributed by atoms with Gasteiger partial charge in [-0.25, -0.2) is 22.8 Å². The molecule has 1 fully saturated rings. The quantitative estimate of drug-likeness (QED) is 0.723. The van der Waals surface area contributed by atoms with Gasteiger partial charge in [-0.2, -0.15) is 0 Å². The van der Waals surface area contributed by atoms with E-state index in [1.807, 2.05) is 6.92 Å².